The molecule has 0 radical (unpaired) electrons. The van der Waals surface area contributed by atoms with Crippen LogP contribution in [0.2, 0.25) is 0 Å². The van der Waals surface area contributed by atoms with Gasteiger partial charge in [-0.2, -0.15) is 13.2 Å². The first-order chi connectivity index (χ1) is 8.05. The van der Waals surface area contributed by atoms with Crippen molar-refractivity contribution in [1.29, 1.82) is 0 Å². The third-order valence-electron chi connectivity index (χ3n) is 3.19. The number of alkyl halides is 3. The van der Waals surface area contributed by atoms with Crippen LogP contribution in [0.5, 0.6) is 0 Å². The summed E-state index contributed by atoms with van der Waals surface area (Å²) < 4.78 is 37.8. The zero-order valence-electron chi connectivity index (χ0n) is 9.33. The molecule has 1 fully saturated rings. The van der Waals surface area contributed by atoms with E-state index in [1.165, 1.54) is 11.3 Å². The quantitative estimate of drug-likeness (QED) is 0.905. The molecule has 2 atom stereocenters. The van der Waals surface area contributed by atoms with E-state index in [1.54, 1.807) is 5.51 Å². The molecule has 1 aliphatic rings. The average Bonchev–Trinajstić information content (AvgIpc) is 2.78. The fraction of sp³-hybridized carbons (Fsp3) is 0.727. The fourth-order valence-corrected chi connectivity index (χ4v) is 2.80. The molecule has 0 saturated heterocycles. The van der Waals surface area contributed by atoms with Crippen molar-refractivity contribution in [3.63, 3.8) is 0 Å². The van der Waals surface area contributed by atoms with Crippen LogP contribution in [0.15, 0.2) is 10.9 Å². The Balaban J connectivity index is 1.81. The molecule has 1 aliphatic carbocycles. The van der Waals surface area contributed by atoms with Crippen molar-refractivity contribution >= 4 is 11.3 Å². The number of thiazole rings is 1. The van der Waals surface area contributed by atoms with Gasteiger partial charge in [0.2, 0.25) is 0 Å². The Bertz CT molecular complexity index is 337. The molecule has 1 heterocycles. The number of halogens is 3. The molecular weight excluding hydrogens is 249 g/mol. The molecule has 1 N–H and O–H groups in total. The highest BCUT2D eigenvalue weighted by Gasteiger charge is 2.41. The van der Waals surface area contributed by atoms with E-state index in [-0.39, 0.29) is 18.9 Å². The van der Waals surface area contributed by atoms with Gasteiger partial charge in [0.05, 0.1) is 17.1 Å². The third-order valence-corrected chi connectivity index (χ3v) is 3.83. The van der Waals surface area contributed by atoms with Gasteiger partial charge in [-0.3, -0.25) is 0 Å². The zero-order valence-corrected chi connectivity index (χ0v) is 10.2. The number of nitrogens with zero attached hydrogens (tertiary/aromatic N) is 1. The van der Waals surface area contributed by atoms with Crippen molar-refractivity contribution in [2.75, 3.05) is 0 Å². The van der Waals surface area contributed by atoms with Gasteiger partial charge >= 0.3 is 6.18 Å². The number of aromatic nitrogens is 1. The minimum atomic E-state index is -4.04. The van der Waals surface area contributed by atoms with E-state index in [0.717, 1.165) is 12.1 Å². The summed E-state index contributed by atoms with van der Waals surface area (Å²) >= 11 is 1.50. The summed E-state index contributed by atoms with van der Waals surface area (Å²) in [5.41, 5.74) is 2.64. The highest BCUT2D eigenvalue weighted by Crippen LogP contribution is 2.37. The van der Waals surface area contributed by atoms with Crippen molar-refractivity contribution in [1.82, 2.24) is 10.3 Å². The van der Waals surface area contributed by atoms with Crippen molar-refractivity contribution in [2.24, 2.45) is 5.92 Å². The predicted octanol–water partition coefficient (Wildman–Crippen LogP) is 3.35. The van der Waals surface area contributed by atoms with Crippen LogP contribution in [0.1, 0.15) is 31.4 Å². The van der Waals surface area contributed by atoms with Crippen LogP contribution in [-0.4, -0.2) is 17.2 Å². The Labute approximate surface area is 102 Å². The highest BCUT2D eigenvalue weighted by molar-refractivity contribution is 7.07. The Kier molecular flexibility index (Phi) is 4.04. The summed E-state index contributed by atoms with van der Waals surface area (Å²) in [6.07, 6.45) is -2.08. The van der Waals surface area contributed by atoms with Gasteiger partial charge in [0.15, 0.2) is 0 Å². The lowest BCUT2D eigenvalue weighted by Crippen LogP contribution is -2.38. The van der Waals surface area contributed by atoms with Crippen molar-refractivity contribution in [3.05, 3.63) is 16.6 Å². The minimum absolute atomic E-state index is 0.0305. The van der Waals surface area contributed by atoms with Crippen LogP contribution >= 0.6 is 11.3 Å². The molecule has 1 saturated carbocycles. The van der Waals surface area contributed by atoms with Crippen LogP contribution in [0.4, 0.5) is 13.2 Å². The maximum atomic E-state index is 12.6. The minimum Gasteiger partial charge on any atom is -0.308 e. The Morgan fingerprint density at radius 2 is 2.24 bits per heavy atom. The Morgan fingerprint density at radius 3 is 2.88 bits per heavy atom. The Hall–Kier alpha value is -0.620. The summed E-state index contributed by atoms with van der Waals surface area (Å²) in [6, 6.07) is -0.0305. The lowest BCUT2D eigenvalue weighted by molar-refractivity contribution is -0.183. The van der Waals surface area contributed by atoms with Gasteiger partial charge in [-0.25, -0.2) is 4.98 Å². The van der Waals surface area contributed by atoms with E-state index < -0.39 is 12.1 Å². The fourth-order valence-electron chi connectivity index (χ4n) is 2.25. The second-order valence-corrected chi connectivity index (χ2v) is 5.18. The molecule has 0 bridgehead atoms. The second-order valence-electron chi connectivity index (χ2n) is 4.46. The first-order valence-electron chi connectivity index (χ1n) is 5.73. The molecule has 0 aliphatic heterocycles. The van der Waals surface area contributed by atoms with Crippen LogP contribution in [0, 0.1) is 5.92 Å². The molecule has 1 aromatic heterocycles. The second kappa shape index (κ2) is 5.35. The van der Waals surface area contributed by atoms with Crippen LogP contribution < -0.4 is 5.32 Å². The molecule has 0 spiro atoms. The van der Waals surface area contributed by atoms with E-state index in [0.29, 0.717) is 13.0 Å². The van der Waals surface area contributed by atoms with Crippen molar-refractivity contribution in [3.8, 4) is 0 Å². The smallest absolute Gasteiger partial charge is 0.308 e. The number of hydrogen-bond donors (Lipinski definition) is 1. The third kappa shape index (κ3) is 3.67. The summed E-state index contributed by atoms with van der Waals surface area (Å²) in [5, 5.41) is 5.08. The van der Waals surface area contributed by atoms with Gasteiger partial charge in [-0.15, -0.1) is 11.3 Å². The van der Waals surface area contributed by atoms with E-state index in [1.807, 2.05) is 5.38 Å². The van der Waals surface area contributed by atoms with Gasteiger partial charge in [0, 0.05) is 18.0 Å². The predicted molar refractivity (Wildman–Crippen MR) is 60.8 cm³/mol. The maximum Gasteiger partial charge on any atom is 0.391 e. The van der Waals surface area contributed by atoms with Crippen molar-refractivity contribution in [2.45, 2.75) is 44.4 Å². The summed E-state index contributed by atoms with van der Waals surface area (Å²) in [4.78, 5) is 4.10. The van der Waals surface area contributed by atoms with E-state index in [9.17, 15) is 13.2 Å². The van der Waals surface area contributed by atoms with Gasteiger partial charge in [0.25, 0.3) is 0 Å². The molecule has 2 rings (SSSR count). The van der Waals surface area contributed by atoms with E-state index >= 15 is 0 Å². The lowest BCUT2D eigenvalue weighted by atomic mass is 9.85. The maximum absolute atomic E-state index is 12.6. The molecule has 0 amide bonds. The number of nitrogens with one attached hydrogen (secondary N) is 1. The normalized spacial score (nSPS) is 26.1. The summed E-state index contributed by atoms with van der Waals surface area (Å²) in [6.45, 7) is 0.568. The van der Waals surface area contributed by atoms with E-state index in [4.69, 9.17) is 0 Å². The SMILES string of the molecule is FC(F)(F)C1CCCC(NCc2cscn2)C1. The van der Waals surface area contributed by atoms with Gasteiger partial charge in [-0.1, -0.05) is 6.42 Å². The number of hydrogen-bond acceptors (Lipinski definition) is 3. The molecule has 1 aromatic rings. The summed E-state index contributed by atoms with van der Waals surface area (Å²) in [5.74, 6) is -1.14. The topological polar surface area (TPSA) is 24.9 Å². The van der Waals surface area contributed by atoms with Gasteiger partial charge in [-0.05, 0) is 19.3 Å². The monoisotopic (exact) mass is 264 g/mol. The first-order valence-corrected chi connectivity index (χ1v) is 6.67. The van der Waals surface area contributed by atoms with E-state index in [2.05, 4.69) is 10.3 Å². The zero-order chi connectivity index (χ0) is 12.3. The average molecular weight is 264 g/mol. The molecule has 2 nitrogen and oxygen atoms in total. The molecule has 0 aromatic carbocycles. The standard InChI is InChI=1S/C11H15F3N2S/c12-11(13,14)8-2-1-3-9(4-8)15-5-10-6-17-7-16-10/h6-9,15H,1-5H2. The molecule has 96 valence electrons. The van der Waals surface area contributed by atoms with Crippen LogP contribution in [0.25, 0.3) is 0 Å². The van der Waals surface area contributed by atoms with Crippen LogP contribution in [0.3, 0.4) is 0 Å². The lowest BCUT2D eigenvalue weighted by Gasteiger charge is -2.31. The largest absolute Gasteiger partial charge is 0.391 e. The van der Waals surface area contributed by atoms with Crippen molar-refractivity contribution < 1.29 is 13.2 Å². The molecule has 17 heavy (non-hydrogen) atoms. The Morgan fingerprint density at radius 1 is 1.41 bits per heavy atom. The summed E-state index contributed by atoms with van der Waals surface area (Å²) in [7, 11) is 0. The van der Waals surface area contributed by atoms with Crippen LogP contribution in [-0.2, 0) is 6.54 Å². The molecule has 6 heteroatoms. The molecule has 2 unspecified atom stereocenters. The van der Waals surface area contributed by atoms with Gasteiger partial charge in [0.1, 0.15) is 0 Å². The molecular formula is C11H15F3N2S. The highest BCUT2D eigenvalue weighted by atomic mass is 32.1. The first kappa shape index (κ1) is 12.8. The van der Waals surface area contributed by atoms with Gasteiger partial charge < -0.3 is 5.32 Å². The number of rotatable bonds is 3.